The summed E-state index contributed by atoms with van der Waals surface area (Å²) < 4.78 is 0.157. The quantitative estimate of drug-likeness (QED) is 0.469. The first kappa shape index (κ1) is 17.7. The maximum absolute atomic E-state index is 5.75. The number of nitrogens with zero attached hydrogens (tertiary/aromatic N) is 1. The van der Waals surface area contributed by atoms with Gasteiger partial charge in [-0.2, -0.15) is 11.8 Å². The van der Waals surface area contributed by atoms with Crippen molar-refractivity contribution in [3.8, 4) is 0 Å². The van der Waals surface area contributed by atoms with Crippen LogP contribution in [0.1, 0.15) is 34.6 Å². The van der Waals surface area contributed by atoms with E-state index in [1.165, 1.54) is 0 Å². The van der Waals surface area contributed by atoms with Gasteiger partial charge in [-0.05, 0) is 40.9 Å². The molecule has 0 fully saturated rings. The lowest BCUT2D eigenvalue weighted by atomic mass is 10.1. The fraction of sp³-hybridized carbons (Fsp3) is 0.900. The predicted octanol–water partition coefficient (Wildman–Crippen LogP) is 2.45. The highest BCUT2D eigenvalue weighted by atomic mass is 127. The normalized spacial score (nSPS) is 13.3. The van der Waals surface area contributed by atoms with E-state index in [-0.39, 0.29) is 34.3 Å². The van der Waals surface area contributed by atoms with Crippen LogP contribution in [0, 0.1) is 0 Å². The van der Waals surface area contributed by atoms with E-state index in [1.54, 1.807) is 11.8 Å². The molecular formula is C10H24IN3S. The van der Waals surface area contributed by atoms with Gasteiger partial charge < -0.3 is 11.1 Å². The topological polar surface area (TPSA) is 50.4 Å². The fourth-order valence-electron chi connectivity index (χ4n) is 0.764. The van der Waals surface area contributed by atoms with E-state index in [0.29, 0.717) is 5.96 Å². The van der Waals surface area contributed by atoms with Gasteiger partial charge in [0.05, 0.1) is 6.54 Å². The van der Waals surface area contributed by atoms with E-state index < -0.39 is 0 Å². The molecule has 3 N–H and O–H groups in total. The smallest absolute Gasteiger partial charge is 0.189 e. The number of hydrogen-bond donors (Lipinski definition) is 2. The summed E-state index contributed by atoms with van der Waals surface area (Å²) in [7, 11) is 0. The van der Waals surface area contributed by atoms with Gasteiger partial charge in [0.1, 0.15) is 0 Å². The number of aliphatic imine (C=N–C) groups is 1. The molecule has 0 spiro atoms. The highest BCUT2D eigenvalue weighted by Gasteiger charge is 2.16. The molecule has 0 aliphatic carbocycles. The van der Waals surface area contributed by atoms with Crippen LogP contribution in [0.5, 0.6) is 0 Å². The van der Waals surface area contributed by atoms with Crippen molar-refractivity contribution in [2.24, 2.45) is 10.7 Å². The number of hydrogen-bond acceptors (Lipinski definition) is 2. The van der Waals surface area contributed by atoms with Crippen molar-refractivity contribution in [1.29, 1.82) is 0 Å². The van der Waals surface area contributed by atoms with Crippen molar-refractivity contribution in [2.75, 3.05) is 12.8 Å². The number of thioether (sulfide) groups is 1. The third kappa shape index (κ3) is 10.6. The Labute approximate surface area is 115 Å². The zero-order chi connectivity index (χ0) is 11.4. The van der Waals surface area contributed by atoms with Crippen molar-refractivity contribution in [3.63, 3.8) is 0 Å². The predicted molar refractivity (Wildman–Crippen MR) is 82.4 cm³/mol. The first-order valence-electron chi connectivity index (χ1n) is 4.79. The van der Waals surface area contributed by atoms with Gasteiger partial charge in [0, 0.05) is 10.3 Å². The van der Waals surface area contributed by atoms with Crippen molar-refractivity contribution >= 4 is 41.7 Å². The molecule has 0 rings (SSSR count). The van der Waals surface area contributed by atoms with Crippen LogP contribution in [0.25, 0.3) is 0 Å². The third-order valence-electron chi connectivity index (χ3n) is 1.69. The van der Waals surface area contributed by atoms with E-state index in [1.807, 2.05) is 0 Å². The largest absolute Gasteiger partial charge is 0.370 e. The van der Waals surface area contributed by atoms with Crippen LogP contribution < -0.4 is 11.1 Å². The second-order valence-electron chi connectivity index (χ2n) is 5.04. The molecule has 0 aromatic rings. The van der Waals surface area contributed by atoms with Crippen LogP contribution in [0.15, 0.2) is 4.99 Å². The molecule has 0 aliphatic heterocycles. The molecule has 3 nitrogen and oxygen atoms in total. The Morgan fingerprint density at radius 2 is 1.73 bits per heavy atom. The number of nitrogens with one attached hydrogen (secondary N) is 1. The van der Waals surface area contributed by atoms with Crippen LogP contribution in [0.2, 0.25) is 0 Å². The molecule has 0 radical (unpaired) electrons. The van der Waals surface area contributed by atoms with Crippen LogP contribution in [-0.4, -0.2) is 29.0 Å². The first-order valence-corrected chi connectivity index (χ1v) is 6.02. The van der Waals surface area contributed by atoms with Gasteiger partial charge >= 0.3 is 0 Å². The monoisotopic (exact) mass is 345 g/mol. The van der Waals surface area contributed by atoms with E-state index in [2.05, 4.69) is 51.2 Å². The Hall–Kier alpha value is 0.350. The molecule has 0 atom stereocenters. The van der Waals surface area contributed by atoms with Gasteiger partial charge in [-0.1, -0.05) is 0 Å². The minimum Gasteiger partial charge on any atom is -0.370 e. The number of halogens is 1. The zero-order valence-corrected chi connectivity index (χ0v) is 13.7. The number of rotatable bonds is 3. The summed E-state index contributed by atoms with van der Waals surface area (Å²) in [4.78, 5) is 4.31. The molecule has 0 unspecified atom stereocenters. The SMILES string of the molecule is CSC(C)(C)CN=C(N)NC(C)(C)C.I. The van der Waals surface area contributed by atoms with Crippen LogP contribution >= 0.6 is 35.7 Å². The molecule has 0 amide bonds. The highest BCUT2D eigenvalue weighted by molar-refractivity contribution is 14.0. The summed E-state index contributed by atoms with van der Waals surface area (Å²) in [5.41, 5.74) is 5.73. The fourth-order valence-corrected chi connectivity index (χ4v) is 0.957. The van der Waals surface area contributed by atoms with Gasteiger partial charge in [0.2, 0.25) is 0 Å². The zero-order valence-electron chi connectivity index (χ0n) is 10.5. The van der Waals surface area contributed by atoms with Crippen molar-refractivity contribution in [1.82, 2.24) is 5.32 Å². The van der Waals surface area contributed by atoms with Gasteiger partial charge in [-0.15, -0.1) is 24.0 Å². The summed E-state index contributed by atoms with van der Waals surface area (Å²) in [6, 6.07) is 0. The number of guanidine groups is 1. The standard InChI is InChI=1S/C10H23N3S.HI/c1-9(2,3)13-8(11)12-7-10(4,5)14-6;/h7H2,1-6H3,(H3,11,12,13);1H. The average molecular weight is 345 g/mol. The van der Waals surface area contributed by atoms with E-state index in [0.717, 1.165) is 6.54 Å². The van der Waals surface area contributed by atoms with E-state index >= 15 is 0 Å². The Kier molecular flexibility index (Phi) is 8.08. The van der Waals surface area contributed by atoms with Crippen molar-refractivity contribution < 1.29 is 0 Å². The summed E-state index contributed by atoms with van der Waals surface area (Å²) in [5.74, 6) is 0.527. The first-order chi connectivity index (χ1) is 6.16. The van der Waals surface area contributed by atoms with Gasteiger partial charge in [0.25, 0.3) is 0 Å². The third-order valence-corrected chi connectivity index (χ3v) is 2.92. The van der Waals surface area contributed by atoms with E-state index in [4.69, 9.17) is 5.73 Å². The Balaban J connectivity index is 0. The summed E-state index contributed by atoms with van der Waals surface area (Å²) in [6.45, 7) is 11.2. The molecule has 0 aromatic carbocycles. The summed E-state index contributed by atoms with van der Waals surface area (Å²) >= 11 is 1.80. The molecule has 0 aromatic heterocycles. The Morgan fingerprint density at radius 1 is 1.27 bits per heavy atom. The molecule has 0 bridgehead atoms. The lowest BCUT2D eigenvalue weighted by Gasteiger charge is -2.23. The average Bonchev–Trinajstić information content (AvgIpc) is 1.98. The highest BCUT2D eigenvalue weighted by Crippen LogP contribution is 2.20. The molecule has 5 heteroatoms. The van der Waals surface area contributed by atoms with E-state index in [9.17, 15) is 0 Å². The minimum absolute atomic E-state index is 0. The molecular weight excluding hydrogens is 321 g/mol. The summed E-state index contributed by atoms with van der Waals surface area (Å²) in [5, 5.41) is 3.13. The van der Waals surface area contributed by atoms with Gasteiger partial charge in [0.15, 0.2) is 5.96 Å². The molecule has 92 valence electrons. The molecule has 0 saturated carbocycles. The minimum atomic E-state index is -0.0168. The second kappa shape index (κ2) is 6.83. The van der Waals surface area contributed by atoms with Crippen LogP contribution in [0.4, 0.5) is 0 Å². The molecule has 0 aliphatic rings. The molecule has 15 heavy (non-hydrogen) atoms. The Morgan fingerprint density at radius 3 is 2.07 bits per heavy atom. The van der Waals surface area contributed by atoms with Gasteiger partial charge in [-0.3, -0.25) is 4.99 Å². The van der Waals surface area contributed by atoms with Crippen molar-refractivity contribution in [2.45, 2.75) is 44.9 Å². The maximum Gasteiger partial charge on any atom is 0.189 e. The molecule has 0 heterocycles. The Bertz CT molecular complexity index is 209. The van der Waals surface area contributed by atoms with Crippen LogP contribution in [-0.2, 0) is 0 Å². The van der Waals surface area contributed by atoms with Gasteiger partial charge in [-0.25, -0.2) is 0 Å². The number of nitrogens with two attached hydrogens (primary N) is 1. The van der Waals surface area contributed by atoms with Crippen LogP contribution in [0.3, 0.4) is 0 Å². The maximum atomic E-state index is 5.75. The lowest BCUT2D eigenvalue weighted by Crippen LogP contribution is -2.45. The lowest BCUT2D eigenvalue weighted by molar-refractivity contribution is 0.507. The molecule has 0 saturated heterocycles. The second-order valence-corrected chi connectivity index (χ2v) is 6.55. The van der Waals surface area contributed by atoms with Crippen molar-refractivity contribution in [3.05, 3.63) is 0 Å². The summed E-state index contributed by atoms with van der Waals surface area (Å²) in [6.07, 6.45) is 2.09.